The number of aliphatic hydroxyl groups excluding tert-OH is 8. The fourth-order valence-electron chi connectivity index (χ4n) is 11.8. The number of aliphatic hydroxyl groups is 8. The third-order valence-electron chi connectivity index (χ3n) is 15.1. The fraction of sp³-hybridized carbons (Fsp3) is 0.905. The standard InChI is InChI=1S/C42H70O14/c1-19(2)20(3)9-10-21(4)30-27(53-40-35(50)38(52-8)32(47)28(17-43)54-40)16-24-29-23(12-14-42(24,30)6)41(5)13-11-22(44)15-25(41)31(46)37(29)56-39-34(49)33(48)36(55-39)26(45)18-51-7/h19,21-23,25-28,30-40,43-50H,3,9-18H2,1-2,4-8H3. The van der Waals surface area contributed by atoms with Crippen LogP contribution < -0.4 is 0 Å². The van der Waals surface area contributed by atoms with Gasteiger partial charge in [0.25, 0.3) is 0 Å². The molecule has 0 amide bonds. The maximum Gasteiger partial charge on any atom is 0.187 e. The SMILES string of the molecule is C=C(CCC(C)C1C(OC2OC(CO)C(O)C(OC)C2O)CC2=C3C(OC4OC(C(O)COC)C(O)C4O)C(O)C4CC(O)CCC4(C)C3CCC21C)C(C)C. The minimum atomic E-state index is -1.52. The van der Waals surface area contributed by atoms with Gasteiger partial charge in [0.2, 0.25) is 0 Å². The van der Waals surface area contributed by atoms with Crippen LogP contribution in [-0.4, -0.2) is 154 Å². The van der Waals surface area contributed by atoms with Gasteiger partial charge in [-0.15, -0.1) is 0 Å². The Balaban J connectivity index is 1.43. The Bertz CT molecular complexity index is 1390. The number of fused-ring (bicyclic) bond motifs is 4. The van der Waals surface area contributed by atoms with E-state index in [-0.39, 0.29) is 35.7 Å². The molecule has 5 fully saturated rings. The lowest BCUT2D eigenvalue weighted by Crippen LogP contribution is -2.60. The van der Waals surface area contributed by atoms with Gasteiger partial charge in [-0.1, -0.05) is 52.3 Å². The quantitative estimate of drug-likeness (QED) is 0.117. The molecule has 20 unspecified atom stereocenters. The van der Waals surface area contributed by atoms with E-state index in [2.05, 4.69) is 41.2 Å². The van der Waals surface area contributed by atoms with Gasteiger partial charge in [0, 0.05) is 14.2 Å². The molecule has 0 spiro atoms. The zero-order valence-corrected chi connectivity index (χ0v) is 34.3. The average Bonchev–Trinajstić information content (AvgIpc) is 3.61. The first-order chi connectivity index (χ1) is 26.4. The lowest BCUT2D eigenvalue weighted by molar-refractivity contribution is -0.318. The molecule has 6 rings (SSSR count). The highest BCUT2D eigenvalue weighted by molar-refractivity contribution is 5.40. The maximum atomic E-state index is 12.4. The van der Waals surface area contributed by atoms with Crippen molar-refractivity contribution in [2.75, 3.05) is 27.4 Å². The highest BCUT2D eigenvalue weighted by Gasteiger charge is 2.64. The van der Waals surface area contributed by atoms with Gasteiger partial charge in [0.05, 0.1) is 31.5 Å². The summed E-state index contributed by atoms with van der Waals surface area (Å²) in [5.41, 5.74) is 2.31. The summed E-state index contributed by atoms with van der Waals surface area (Å²) in [4.78, 5) is 0. The van der Waals surface area contributed by atoms with Crippen LogP contribution in [0.2, 0.25) is 0 Å². The molecule has 4 aliphatic carbocycles. The van der Waals surface area contributed by atoms with Gasteiger partial charge in [-0.25, -0.2) is 0 Å². The molecular weight excluding hydrogens is 728 g/mol. The molecule has 2 saturated heterocycles. The van der Waals surface area contributed by atoms with Crippen LogP contribution in [0.3, 0.4) is 0 Å². The van der Waals surface area contributed by atoms with Gasteiger partial charge in [0.1, 0.15) is 54.9 Å². The van der Waals surface area contributed by atoms with E-state index in [9.17, 15) is 40.9 Å². The molecule has 3 saturated carbocycles. The van der Waals surface area contributed by atoms with Gasteiger partial charge in [-0.3, -0.25) is 0 Å². The largest absolute Gasteiger partial charge is 0.394 e. The monoisotopic (exact) mass is 798 g/mol. The van der Waals surface area contributed by atoms with E-state index in [0.717, 1.165) is 42.4 Å². The normalized spacial score (nSPS) is 47.7. The molecule has 56 heavy (non-hydrogen) atoms. The zero-order chi connectivity index (χ0) is 41.0. The molecule has 0 aromatic heterocycles. The van der Waals surface area contributed by atoms with E-state index in [4.69, 9.17) is 28.4 Å². The fourth-order valence-corrected chi connectivity index (χ4v) is 11.8. The van der Waals surface area contributed by atoms with Crippen LogP contribution in [0.1, 0.15) is 86.0 Å². The highest BCUT2D eigenvalue weighted by Crippen LogP contribution is 2.67. The van der Waals surface area contributed by atoms with Crippen LogP contribution in [0.15, 0.2) is 23.3 Å². The molecule has 322 valence electrons. The van der Waals surface area contributed by atoms with Crippen molar-refractivity contribution >= 4 is 0 Å². The topological polar surface area (TPSA) is 217 Å². The summed E-state index contributed by atoms with van der Waals surface area (Å²) in [6.07, 6.45) is -10.4. The Morgan fingerprint density at radius 1 is 0.893 bits per heavy atom. The Kier molecular flexibility index (Phi) is 13.9. The second kappa shape index (κ2) is 17.5. The molecule has 2 heterocycles. The second-order valence-electron chi connectivity index (χ2n) is 18.6. The summed E-state index contributed by atoms with van der Waals surface area (Å²) >= 11 is 0. The number of hydrogen-bond acceptors (Lipinski definition) is 14. The van der Waals surface area contributed by atoms with Gasteiger partial charge in [-0.05, 0) is 97.4 Å². The van der Waals surface area contributed by atoms with Crippen molar-refractivity contribution in [3.05, 3.63) is 23.3 Å². The number of hydrogen-bond donors (Lipinski definition) is 8. The molecule has 0 bridgehead atoms. The molecule has 0 aromatic rings. The summed E-state index contributed by atoms with van der Waals surface area (Å²) < 4.78 is 36.1. The van der Waals surface area contributed by atoms with E-state index in [0.29, 0.717) is 31.6 Å². The summed E-state index contributed by atoms with van der Waals surface area (Å²) in [5, 5.41) is 88.5. The summed E-state index contributed by atoms with van der Waals surface area (Å²) in [6, 6.07) is 0. The molecule has 2 aliphatic heterocycles. The van der Waals surface area contributed by atoms with Crippen LogP contribution in [0.5, 0.6) is 0 Å². The third kappa shape index (κ3) is 7.84. The Hall–Kier alpha value is -1.08. The first-order valence-electron chi connectivity index (χ1n) is 20.8. The molecule has 0 aromatic carbocycles. The van der Waals surface area contributed by atoms with Crippen LogP contribution >= 0.6 is 0 Å². The van der Waals surface area contributed by atoms with E-state index in [1.165, 1.54) is 14.2 Å². The lowest BCUT2D eigenvalue weighted by atomic mass is 9.47. The maximum absolute atomic E-state index is 12.4. The second-order valence-corrected chi connectivity index (χ2v) is 18.6. The summed E-state index contributed by atoms with van der Waals surface area (Å²) in [6.45, 7) is 14.6. The smallest absolute Gasteiger partial charge is 0.187 e. The van der Waals surface area contributed by atoms with E-state index >= 15 is 0 Å². The van der Waals surface area contributed by atoms with E-state index in [1.54, 1.807) is 0 Å². The van der Waals surface area contributed by atoms with Gasteiger partial charge >= 0.3 is 0 Å². The van der Waals surface area contributed by atoms with Crippen LogP contribution in [0.4, 0.5) is 0 Å². The molecule has 14 nitrogen and oxygen atoms in total. The predicted octanol–water partition coefficient (Wildman–Crippen LogP) is 1.57. The Morgan fingerprint density at radius 2 is 1.59 bits per heavy atom. The third-order valence-corrected chi connectivity index (χ3v) is 15.1. The van der Waals surface area contributed by atoms with Gasteiger partial charge < -0.3 is 69.3 Å². The minimum absolute atomic E-state index is 0.0476. The van der Waals surface area contributed by atoms with Crippen molar-refractivity contribution in [2.24, 2.45) is 40.4 Å². The number of rotatable bonds is 14. The summed E-state index contributed by atoms with van der Waals surface area (Å²) in [5.74, 6) is -0.0352. The van der Waals surface area contributed by atoms with Gasteiger partial charge in [-0.2, -0.15) is 0 Å². The zero-order valence-electron chi connectivity index (χ0n) is 34.3. The van der Waals surface area contributed by atoms with Gasteiger partial charge in [0.15, 0.2) is 12.6 Å². The first kappa shape index (κ1) is 44.5. The Labute approximate surface area is 331 Å². The number of methoxy groups -OCH3 is 2. The van der Waals surface area contributed by atoms with Crippen molar-refractivity contribution in [3.8, 4) is 0 Å². The number of ether oxygens (including phenoxy) is 6. The molecule has 6 aliphatic rings. The van der Waals surface area contributed by atoms with Crippen molar-refractivity contribution in [1.82, 2.24) is 0 Å². The van der Waals surface area contributed by atoms with Crippen molar-refractivity contribution < 1.29 is 69.3 Å². The van der Waals surface area contributed by atoms with Crippen molar-refractivity contribution in [1.29, 1.82) is 0 Å². The minimum Gasteiger partial charge on any atom is -0.394 e. The summed E-state index contributed by atoms with van der Waals surface area (Å²) in [7, 11) is 2.80. The lowest BCUT2D eigenvalue weighted by Gasteiger charge is -2.60. The molecule has 20 atom stereocenters. The number of allylic oxidation sites excluding steroid dienone is 1. The molecule has 14 heteroatoms. The first-order valence-corrected chi connectivity index (χ1v) is 20.8. The predicted molar refractivity (Wildman–Crippen MR) is 203 cm³/mol. The Morgan fingerprint density at radius 3 is 2.23 bits per heavy atom. The molecular formula is C42H70O14. The van der Waals surface area contributed by atoms with Crippen LogP contribution in [0, 0.1) is 40.4 Å². The van der Waals surface area contributed by atoms with E-state index < -0.39 is 97.8 Å². The molecule has 0 radical (unpaired) electrons. The average molecular weight is 799 g/mol. The van der Waals surface area contributed by atoms with E-state index in [1.807, 2.05) is 0 Å². The van der Waals surface area contributed by atoms with Crippen LogP contribution in [-0.2, 0) is 28.4 Å². The van der Waals surface area contributed by atoms with Crippen LogP contribution in [0.25, 0.3) is 0 Å². The molecule has 8 N–H and O–H groups in total. The highest BCUT2D eigenvalue weighted by atomic mass is 16.7. The van der Waals surface area contributed by atoms with Crippen molar-refractivity contribution in [2.45, 2.75) is 172 Å². The van der Waals surface area contributed by atoms with Crippen molar-refractivity contribution in [3.63, 3.8) is 0 Å².